The van der Waals surface area contributed by atoms with E-state index in [0.717, 1.165) is 24.3 Å². The van der Waals surface area contributed by atoms with E-state index in [9.17, 15) is 0 Å². The standard InChI is InChI=1S/C15H21ClO2/c1-17-14-8-12(9-15(10-14)18-2)11-5-3-4-6-13(16)7-11/h8-11,13H,3-7H2,1-2H3. The maximum absolute atomic E-state index is 6.35. The molecule has 2 atom stereocenters. The summed E-state index contributed by atoms with van der Waals surface area (Å²) in [5, 5.41) is 0.301. The molecule has 0 radical (unpaired) electrons. The zero-order chi connectivity index (χ0) is 13.0. The zero-order valence-electron chi connectivity index (χ0n) is 11.1. The van der Waals surface area contributed by atoms with Crippen LogP contribution in [0.5, 0.6) is 11.5 Å². The highest BCUT2D eigenvalue weighted by Gasteiger charge is 2.21. The number of hydrogen-bond acceptors (Lipinski definition) is 2. The van der Waals surface area contributed by atoms with E-state index < -0.39 is 0 Å². The van der Waals surface area contributed by atoms with Gasteiger partial charge < -0.3 is 9.47 Å². The van der Waals surface area contributed by atoms with Gasteiger partial charge in [-0.25, -0.2) is 0 Å². The van der Waals surface area contributed by atoms with Crippen LogP contribution in [0, 0.1) is 0 Å². The smallest absolute Gasteiger partial charge is 0.122 e. The molecule has 1 aliphatic rings. The molecule has 1 aromatic rings. The van der Waals surface area contributed by atoms with Crippen LogP contribution in [0.4, 0.5) is 0 Å². The van der Waals surface area contributed by atoms with Crippen molar-refractivity contribution in [3.05, 3.63) is 23.8 Å². The number of halogens is 1. The molecule has 100 valence electrons. The van der Waals surface area contributed by atoms with Crippen LogP contribution in [-0.2, 0) is 0 Å². The van der Waals surface area contributed by atoms with E-state index in [0.29, 0.717) is 11.3 Å². The van der Waals surface area contributed by atoms with Crippen molar-refractivity contribution in [3.8, 4) is 11.5 Å². The summed E-state index contributed by atoms with van der Waals surface area (Å²) in [6.07, 6.45) is 5.90. The Kier molecular flexibility index (Phi) is 4.76. The van der Waals surface area contributed by atoms with Crippen LogP contribution in [0.15, 0.2) is 18.2 Å². The van der Waals surface area contributed by atoms with Crippen molar-refractivity contribution in [2.75, 3.05) is 14.2 Å². The van der Waals surface area contributed by atoms with Crippen LogP contribution in [0.3, 0.4) is 0 Å². The quantitative estimate of drug-likeness (QED) is 0.599. The van der Waals surface area contributed by atoms with Crippen molar-refractivity contribution in [3.63, 3.8) is 0 Å². The molecule has 1 saturated carbocycles. The van der Waals surface area contributed by atoms with Crippen molar-refractivity contribution in [1.82, 2.24) is 0 Å². The molecule has 1 fully saturated rings. The SMILES string of the molecule is COc1cc(OC)cc(C2CCCCC(Cl)C2)c1. The highest BCUT2D eigenvalue weighted by atomic mass is 35.5. The average Bonchev–Trinajstić information content (AvgIpc) is 2.62. The largest absolute Gasteiger partial charge is 0.497 e. The highest BCUT2D eigenvalue weighted by molar-refractivity contribution is 6.20. The monoisotopic (exact) mass is 268 g/mol. The van der Waals surface area contributed by atoms with Gasteiger partial charge in [0.05, 0.1) is 14.2 Å². The van der Waals surface area contributed by atoms with Crippen LogP contribution >= 0.6 is 11.6 Å². The normalized spacial score (nSPS) is 24.4. The summed E-state index contributed by atoms with van der Waals surface area (Å²) >= 11 is 6.35. The van der Waals surface area contributed by atoms with Crippen LogP contribution < -0.4 is 9.47 Å². The molecule has 2 rings (SSSR count). The molecule has 0 saturated heterocycles. The first-order chi connectivity index (χ1) is 8.72. The number of ether oxygens (including phenoxy) is 2. The van der Waals surface area contributed by atoms with Crippen molar-refractivity contribution >= 4 is 11.6 Å². The number of alkyl halides is 1. The molecule has 0 aliphatic heterocycles. The molecule has 3 heteroatoms. The van der Waals surface area contributed by atoms with E-state index in [1.165, 1.54) is 24.8 Å². The third kappa shape index (κ3) is 3.32. The van der Waals surface area contributed by atoms with Gasteiger partial charge >= 0.3 is 0 Å². The Labute approximate surface area is 114 Å². The fourth-order valence-electron chi connectivity index (χ4n) is 2.67. The fraction of sp³-hybridized carbons (Fsp3) is 0.600. The topological polar surface area (TPSA) is 18.5 Å². The predicted molar refractivity (Wildman–Crippen MR) is 75.0 cm³/mol. The summed E-state index contributed by atoms with van der Waals surface area (Å²) < 4.78 is 10.7. The molecule has 0 heterocycles. The minimum atomic E-state index is 0.301. The minimum Gasteiger partial charge on any atom is -0.497 e. The van der Waals surface area contributed by atoms with Crippen LogP contribution in [-0.4, -0.2) is 19.6 Å². The number of methoxy groups -OCH3 is 2. The molecule has 1 aromatic carbocycles. The second-order valence-corrected chi connectivity index (χ2v) is 5.58. The van der Waals surface area contributed by atoms with Gasteiger partial charge in [-0.2, -0.15) is 0 Å². The third-order valence-electron chi connectivity index (χ3n) is 3.71. The Balaban J connectivity index is 2.24. The molecule has 0 aromatic heterocycles. The lowest BCUT2D eigenvalue weighted by atomic mass is 9.91. The van der Waals surface area contributed by atoms with Gasteiger partial charge in [0.25, 0.3) is 0 Å². The lowest BCUT2D eigenvalue weighted by Gasteiger charge is -2.18. The number of hydrogen-bond donors (Lipinski definition) is 0. The average molecular weight is 269 g/mol. The van der Waals surface area contributed by atoms with Crippen LogP contribution in [0.1, 0.15) is 43.6 Å². The maximum atomic E-state index is 6.35. The van der Waals surface area contributed by atoms with Crippen molar-refractivity contribution in [2.24, 2.45) is 0 Å². The lowest BCUT2D eigenvalue weighted by Crippen LogP contribution is -2.05. The Bertz CT molecular complexity index is 370. The number of rotatable bonds is 3. The zero-order valence-corrected chi connectivity index (χ0v) is 11.9. The van der Waals surface area contributed by atoms with E-state index in [4.69, 9.17) is 21.1 Å². The van der Waals surface area contributed by atoms with Gasteiger partial charge in [-0.3, -0.25) is 0 Å². The summed E-state index contributed by atoms with van der Waals surface area (Å²) in [5.41, 5.74) is 1.29. The van der Waals surface area contributed by atoms with Gasteiger partial charge in [-0.05, 0) is 42.9 Å². The summed E-state index contributed by atoms with van der Waals surface area (Å²) in [6, 6.07) is 6.14. The van der Waals surface area contributed by atoms with Crippen LogP contribution in [0.25, 0.3) is 0 Å². The first kappa shape index (κ1) is 13.5. The predicted octanol–water partition coefficient (Wildman–Crippen LogP) is 4.36. The molecule has 2 nitrogen and oxygen atoms in total. The van der Waals surface area contributed by atoms with Gasteiger partial charge in [0.1, 0.15) is 11.5 Å². The molecule has 0 spiro atoms. The highest BCUT2D eigenvalue weighted by Crippen LogP contribution is 2.37. The van der Waals surface area contributed by atoms with Gasteiger partial charge in [-0.15, -0.1) is 11.6 Å². The van der Waals surface area contributed by atoms with Crippen LogP contribution in [0.2, 0.25) is 0 Å². The Morgan fingerprint density at radius 2 is 1.61 bits per heavy atom. The molecule has 1 aliphatic carbocycles. The molecule has 18 heavy (non-hydrogen) atoms. The van der Waals surface area contributed by atoms with E-state index >= 15 is 0 Å². The second kappa shape index (κ2) is 6.33. The molecular weight excluding hydrogens is 248 g/mol. The van der Waals surface area contributed by atoms with Gasteiger partial charge in [0.2, 0.25) is 0 Å². The number of benzene rings is 1. The lowest BCUT2D eigenvalue weighted by molar-refractivity contribution is 0.392. The Morgan fingerprint density at radius 1 is 1.00 bits per heavy atom. The molecule has 0 N–H and O–H groups in total. The van der Waals surface area contributed by atoms with Crippen molar-refractivity contribution < 1.29 is 9.47 Å². The summed E-state index contributed by atoms with van der Waals surface area (Å²) in [4.78, 5) is 0. The Hall–Kier alpha value is -0.890. The maximum Gasteiger partial charge on any atom is 0.122 e. The van der Waals surface area contributed by atoms with Gasteiger partial charge in [-0.1, -0.05) is 12.8 Å². The first-order valence-corrected chi connectivity index (χ1v) is 7.03. The summed E-state index contributed by atoms with van der Waals surface area (Å²) in [7, 11) is 3.38. The summed E-state index contributed by atoms with van der Waals surface area (Å²) in [6.45, 7) is 0. The molecular formula is C15H21ClO2. The first-order valence-electron chi connectivity index (χ1n) is 6.60. The fourth-order valence-corrected chi connectivity index (χ4v) is 3.04. The Morgan fingerprint density at radius 3 is 2.22 bits per heavy atom. The van der Waals surface area contributed by atoms with E-state index in [1.807, 2.05) is 6.07 Å². The van der Waals surface area contributed by atoms with E-state index in [-0.39, 0.29) is 0 Å². The minimum absolute atomic E-state index is 0.301. The van der Waals surface area contributed by atoms with E-state index in [2.05, 4.69) is 12.1 Å². The molecule has 0 bridgehead atoms. The van der Waals surface area contributed by atoms with E-state index in [1.54, 1.807) is 14.2 Å². The molecule has 2 unspecified atom stereocenters. The van der Waals surface area contributed by atoms with Gasteiger partial charge in [0, 0.05) is 11.4 Å². The van der Waals surface area contributed by atoms with Gasteiger partial charge in [0.15, 0.2) is 0 Å². The van der Waals surface area contributed by atoms with Crippen molar-refractivity contribution in [2.45, 2.75) is 43.4 Å². The summed E-state index contributed by atoms with van der Waals surface area (Å²) in [5.74, 6) is 2.25. The third-order valence-corrected chi connectivity index (χ3v) is 4.10. The second-order valence-electron chi connectivity index (χ2n) is 4.96. The van der Waals surface area contributed by atoms with Crippen molar-refractivity contribution in [1.29, 1.82) is 0 Å². The molecule has 0 amide bonds.